The number of carboxylic acid groups (broad SMARTS) is 1. The van der Waals surface area contributed by atoms with Gasteiger partial charge < -0.3 is 19.5 Å². The van der Waals surface area contributed by atoms with Crippen LogP contribution in [0.3, 0.4) is 0 Å². The number of carbonyl (C=O) groups is 1. The lowest BCUT2D eigenvalue weighted by molar-refractivity contribution is 0.0697. The number of nitrogens with zero attached hydrogens (tertiary/aromatic N) is 2. The molecule has 0 radical (unpaired) electrons. The summed E-state index contributed by atoms with van der Waals surface area (Å²) in [6, 6.07) is 4.96. The number of benzene rings is 1. The first kappa shape index (κ1) is 15.5. The number of ether oxygens (including phenoxy) is 1. The van der Waals surface area contributed by atoms with Gasteiger partial charge >= 0.3 is 5.97 Å². The van der Waals surface area contributed by atoms with Gasteiger partial charge in [0.1, 0.15) is 5.82 Å². The fraction of sp³-hybridized carbons (Fsp3) is 0.467. The highest BCUT2D eigenvalue weighted by atomic mass is 16.5. The number of aliphatic hydroxyl groups excluding tert-OH is 1. The molecule has 6 heteroatoms. The number of rotatable bonds is 8. The number of aliphatic hydroxyl groups is 1. The van der Waals surface area contributed by atoms with Gasteiger partial charge in [0, 0.05) is 13.0 Å². The van der Waals surface area contributed by atoms with Gasteiger partial charge in [0.2, 0.25) is 0 Å². The lowest BCUT2D eigenvalue weighted by atomic mass is 10.2. The second kappa shape index (κ2) is 7.19. The monoisotopic (exact) mass is 292 g/mol. The van der Waals surface area contributed by atoms with E-state index in [1.54, 1.807) is 18.2 Å². The predicted octanol–water partition coefficient (Wildman–Crippen LogP) is 1.70. The molecule has 0 bridgehead atoms. The van der Waals surface area contributed by atoms with Gasteiger partial charge in [-0.05, 0) is 24.6 Å². The van der Waals surface area contributed by atoms with E-state index in [1.807, 2.05) is 4.57 Å². The van der Waals surface area contributed by atoms with Gasteiger partial charge in [0.15, 0.2) is 0 Å². The molecule has 0 fully saturated rings. The largest absolute Gasteiger partial charge is 0.478 e. The minimum absolute atomic E-state index is 0.00431. The van der Waals surface area contributed by atoms with Gasteiger partial charge in [-0.15, -0.1) is 0 Å². The highest BCUT2D eigenvalue weighted by Crippen LogP contribution is 2.19. The van der Waals surface area contributed by atoms with Crippen LogP contribution in [0, 0.1) is 0 Å². The number of aromatic nitrogens is 2. The average Bonchev–Trinajstić information content (AvgIpc) is 2.81. The third-order valence-electron chi connectivity index (χ3n) is 3.24. The third-order valence-corrected chi connectivity index (χ3v) is 3.24. The predicted molar refractivity (Wildman–Crippen MR) is 78.6 cm³/mol. The van der Waals surface area contributed by atoms with Gasteiger partial charge in [0.25, 0.3) is 0 Å². The van der Waals surface area contributed by atoms with Crippen molar-refractivity contribution in [3.05, 3.63) is 29.6 Å². The van der Waals surface area contributed by atoms with Gasteiger partial charge in [-0.2, -0.15) is 0 Å². The van der Waals surface area contributed by atoms with Gasteiger partial charge in [-0.25, -0.2) is 9.78 Å². The molecule has 1 aromatic heterocycles. The Morgan fingerprint density at radius 2 is 2.19 bits per heavy atom. The molecule has 114 valence electrons. The molecular formula is C15H20N2O4. The van der Waals surface area contributed by atoms with Gasteiger partial charge in [0.05, 0.1) is 36.4 Å². The molecule has 2 aromatic rings. The van der Waals surface area contributed by atoms with Crippen LogP contribution < -0.4 is 0 Å². The molecule has 0 aliphatic rings. The van der Waals surface area contributed by atoms with Crippen LogP contribution in [0.2, 0.25) is 0 Å². The maximum absolute atomic E-state index is 11.1. The van der Waals surface area contributed by atoms with Crippen molar-refractivity contribution in [3.8, 4) is 0 Å². The van der Waals surface area contributed by atoms with Crippen LogP contribution in [-0.2, 0) is 17.7 Å². The molecular weight excluding hydrogens is 272 g/mol. The number of imidazole rings is 1. The molecule has 2 rings (SSSR count). The number of fused-ring (bicyclic) bond motifs is 1. The first-order valence-corrected chi connectivity index (χ1v) is 7.08. The third kappa shape index (κ3) is 3.59. The van der Waals surface area contributed by atoms with Gasteiger partial charge in [-0.1, -0.05) is 6.92 Å². The number of hydrogen-bond acceptors (Lipinski definition) is 4. The summed E-state index contributed by atoms with van der Waals surface area (Å²) in [6.07, 6.45) is 1.80. The zero-order chi connectivity index (χ0) is 15.2. The second-order valence-electron chi connectivity index (χ2n) is 4.77. The first-order chi connectivity index (χ1) is 10.2. The van der Waals surface area contributed by atoms with Crippen molar-refractivity contribution in [2.75, 3.05) is 19.8 Å². The topological polar surface area (TPSA) is 84.6 Å². The Hall–Kier alpha value is -1.92. The van der Waals surface area contributed by atoms with E-state index in [2.05, 4.69) is 11.9 Å². The van der Waals surface area contributed by atoms with E-state index in [4.69, 9.17) is 14.9 Å². The van der Waals surface area contributed by atoms with Crippen molar-refractivity contribution < 1.29 is 19.7 Å². The minimum Gasteiger partial charge on any atom is -0.478 e. The van der Waals surface area contributed by atoms with Gasteiger partial charge in [-0.3, -0.25) is 0 Å². The fourth-order valence-electron chi connectivity index (χ4n) is 2.29. The number of carboxylic acids is 1. The molecule has 0 atom stereocenters. The van der Waals surface area contributed by atoms with Crippen molar-refractivity contribution in [3.63, 3.8) is 0 Å². The van der Waals surface area contributed by atoms with E-state index < -0.39 is 5.97 Å². The summed E-state index contributed by atoms with van der Waals surface area (Å²) in [5.74, 6) is -0.0131. The molecule has 0 saturated heterocycles. The van der Waals surface area contributed by atoms with Crippen LogP contribution in [-0.4, -0.2) is 45.6 Å². The summed E-state index contributed by atoms with van der Waals surface area (Å²) in [7, 11) is 0. The molecule has 2 N–H and O–H groups in total. The van der Waals surface area contributed by atoms with E-state index in [1.165, 1.54) is 0 Å². The SMILES string of the molecule is CCCc1nc2ccc(C(=O)O)cc2n1CCOCCO. The van der Waals surface area contributed by atoms with E-state index in [0.717, 1.165) is 29.7 Å². The Bertz CT molecular complexity index is 621. The molecule has 0 unspecified atom stereocenters. The molecule has 6 nitrogen and oxygen atoms in total. The zero-order valence-corrected chi connectivity index (χ0v) is 12.1. The summed E-state index contributed by atoms with van der Waals surface area (Å²) in [5, 5.41) is 17.8. The maximum atomic E-state index is 11.1. The first-order valence-electron chi connectivity index (χ1n) is 7.08. The van der Waals surface area contributed by atoms with Crippen LogP contribution in [0.4, 0.5) is 0 Å². The molecule has 1 heterocycles. The molecule has 0 spiro atoms. The summed E-state index contributed by atoms with van der Waals surface area (Å²) < 4.78 is 7.30. The second-order valence-corrected chi connectivity index (χ2v) is 4.77. The fourth-order valence-corrected chi connectivity index (χ4v) is 2.29. The summed E-state index contributed by atoms with van der Waals surface area (Å²) in [5.41, 5.74) is 1.86. The van der Waals surface area contributed by atoms with Crippen molar-refractivity contribution >= 4 is 17.0 Å². The number of hydrogen-bond donors (Lipinski definition) is 2. The minimum atomic E-state index is -0.946. The Balaban J connectivity index is 2.34. The van der Waals surface area contributed by atoms with E-state index in [9.17, 15) is 4.79 Å². The Morgan fingerprint density at radius 1 is 1.38 bits per heavy atom. The van der Waals surface area contributed by atoms with Crippen LogP contribution in [0.25, 0.3) is 11.0 Å². The Kier molecular flexibility index (Phi) is 5.30. The highest BCUT2D eigenvalue weighted by molar-refractivity contribution is 5.92. The van der Waals surface area contributed by atoms with Crippen LogP contribution in [0.15, 0.2) is 18.2 Å². The molecule has 1 aromatic carbocycles. The normalized spacial score (nSPS) is 11.1. The van der Waals surface area contributed by atoms with Crippen LogP contribution in [0.1, 0.15) is 29.5 Å². The van der Waals surface area contributed by atoms with Crippen molar-refractivity contribution in [2.45, 2.75) is 26.3 Å². The summed E-state index contributed by atoms with van der Waals surface area (Å²) in [4.78, 5) is 15.7. The van der Waals surface area contributed by atoms with Crippen LogP contribution >= 0.6 is 0 Å². The molecule has 0 amide bonds. The van der Waals surface area contributed by atoms with E-state index >= 15 is 0 Å². The number of aryl methyl sites for hydroxylation is 1. The lowest BCUT2D eigenvalue weighted by Crippen LogP contribution is -2.11. The van der Waals surface area contributed by atoms with E-state index in [-0.39, 0.29) is 12.2 Å². The molecule has 0 aliphatic heterocycles. The van der Waals surface area contributed by atoms with Crippen molar-refractivity contribution in [1.82, 2.24) is 9.55 Å². The number of aromatic carboxylic acids is 1. The molecule has 21 heavy (non-hydrogen) atoms. The van der Waals surface area contributed by atoms with Crippen LogP contribution in [0.5, 0.6) is 0 Å². The lowest BCUT2D eigenvalue weighted by Gasteiger charge is -2.09. The van der Waals surface area contributed by atoms with Crippen molar-refractivity contribution in [1.29, 1.82) is 0 Å². The zero-order valence-electron chi connectivity index (χ0n) is 12.1. The Labute approximate surface area is 123 Å². The molecule has 0 aliphatic carbocycles. The maximum Gasteiger partial charge on any atom is 0.335 e. The average molecular weight is 292 g/mol. The molecule has 0 saturated carbocycles. The highest BCUT2D eigenvalue weighted by Gasteiger charge is 2.12. The Morgan fingerprint density at radius 3 is 2.86 bits per heavy atom. The summed E-state index contributed by atoms with van der Waals surface area (Å²) in [6.45, 7) is 3.43. The summed E-state index contributed by atoms with van der Waals surface area (Å²) >= 11 is 0. The standard InChI is InChI=1S/C15H20N2O4/c1-2-3-14-16-12-5-4-11(15(19)20)10-13(12)17(14)6-8-21-9-7-18/h4-5,10,18H,2-3,6-9H2,1H3,(H,19,20). The van der Waals surface area contributed by atoms with E-state index in [0.29, 0.717) is 19.8 Å². The quantitative estimate of drug-likeness (QED) is 0.723. The van der Waals surface area contributed by atoms with Crippen molar-refractivity contribution in [2.24, 2.45) is 0 Å². The smallest absolute Gasteiger partial charge is 0.335 e.